The molecule has 0 fully saturated rings. The number of nitrogens with zero attached hydrogens (tertiary/aromatic N) is 1. The van der Waals surface area contributed by atoms with Crippen molar-refractivity contribution in [2.24, 2.45) is 5.73 Å². The van der Waals surface area contributed by atoms with E-state index in [9.17, 15) is 9.59 Å². The van der Waals surface area contributed by atoms with Gasteiger partial charge < -0.3 is 11.1 Å². The predicted octanol–water partition coefficient (Wildman–Crippen LogP) is 3.44. The van der Waals surface area contributed by atoms with Crippen molar-refractivity contribution in [3.05, 3.63) is 58.1 Å². The Morgan fingerprint density at radius 2 is 1.87 bits per heavy atom. The summed E-state index contributed by atoms with van der Waals surface area (Å²) in [5, 5.41) is 3.44. The third-order valence-corrected chi connectivity index (χ3v) is 4.43. The van der Waals surface area contributed by atoms with E-state index in [1.54, 1.807) is 24.3 Å². The van der Waals surface area contributed by atoms with Gasteiger partial charge in [0.05, 0.1) is 10.0 Å². The van der Waals surface area contributed by atoms with Crippen LogP contribution in [0.5, 0.6) is 0 Å². The Morgan fingerprint density at radius 3 is 2.57 bits per heavy atom. The molecule has 3 amide bonds. The molecule has 3 N–H and O–H groups in total. The Bertz CT molecular complexity index is 795. The molecule has 0 spiro atoms. The molecule has 5 nitrogen and oxygen atoms in total. The molecule has 0 bridgehead atoms. The second kappa shape index (κ2) is 6.10. The maximum Gasteiger partial charge on any atom is 0.327 e. The van der Waals surface area contributed by atoms with Crippen molar-refractivity contribution in [1.82, 2.24) is 0 Å². The average molecular weight is 350 g/mol. The molecular weight excluding hydrogens is 337 g/mol. The monoisotopic (exact) mass is 349 g/mol. The number of primary amides is 1. The highest BCUT2D eigenvalue weighted by Gasteiger charge is 2.37. The Hall–Kier alpha value is -2.24. The number of urea groups is 1. The van der Waals surface area contributed by atoms with Gasteiger partial charge in [-0.2, -0.15) is 0 Å². The van der Waals surface area contributed by atoms with Crippen LogP contribution >= 0.6 is 23.2 Å². The fourth-order valence-electron chi connectivity index (χ4n) is 2.62. The number of carbonyl (C=O) groups excluding carboxylic acids is 2. The van der Waals surface area contributed by atoms with Crippen LogP contribution in [0.4, 0.5) is 16.2 Å². The Morgan fingerprint density at radius 1 is 1.13 bits per heavy atom. The van der Waals surface area contributed by atoms with Crippen molar-refractivity contribution >= 4 is 46.5 Å². The number of amides is 3. The van der Waals surface area contributed by atoms with Crippen LogP contribution in [0.1, 0.15) is 5.56 Å². The first-order valence-corrected chi connectivity index (χ1v) is 7.65. The lowest BCUT2D eigenvalue weighted by molar-refractivity contribution is -0.119. The summed E-state index contributed by atoms with van der Waals surface area (Å²) in [5.74, 6) is -0.550. The smallest absolute Gasteiger partial charge is 0.327 e. The summed E-state index contributed by atoms with van der Waals surface area (Å²) in [6, 6.07) is 10.9. The predicted molar refractivity (Wildman–Crippen MR) is 91.1 cm³/mol. The standard InChI is InChI=1S/C16H13Cl2N3O2/c17-11-6-5-10(8-12(11)18)20-16(23)21-13-4-2-1-3-9(13)7-14(21)15(19)22/h1-6,8,14H,7H2,(H2,19,22)(H,20,23). The zero-order valence-electron chi connectivity index (χ0n) is 11.9. The van der Waals surface area contributed by atoms with E-state index in [1.165, 1.54) is 4.90 Å². The molecule has 1 heterocycles. The first-order chi connectivity index (χ1) is 11.0. The first-order valence-electron chi connectivity index (χ1n) is 6.90. The van der Waals surface area contributed by atoms with Crippen LogP contribution < -0.4 is 16.0 Å². The van der Waals surface area contributed by atoms with Crippen LogP contribution in [-0.2, 0) is 11.2 Å². The molecule has 118 valence electrons. The Balaban J connectivity index is 1.90. The van der Waals surface area contributed by atoms with E-state index in [4.69, 9.17) is 28.9 Å². The van der Waals surface area contributed by atoms with E-state index in [0.29, 0.717) is 27.8 Å². The molecule has 0 aromatic heterocycles. The number of hydrogen-bond donors (Lipinski definition) is 2. The average Bonchev–Trinajstić information content (AvgIpc) is 2.91. The zero-order chi connectivity index (χ0) is 16.6. The minimum absolute atomic E-state index is 0.331. The summed E-state index contributed by atoms with van der Waals surface area (Å²) in [6.45, 7) is 0. The van der Waals surface area contributed by atoms with Crippen molar-refractivity contribution in [3.8, 4) is 0 Å². The second-order valence-electron chi connectivity index (χ2n) is 5.18. The minimum atomic E-state index is -0.713. The molecule has 2 aromatic rings. The van der Waals surface area contributed by atoms with Crippen LogP contribution in [0.15, 0.2) is 42.5 Å². The number of fused-ring (bicyclic) bond motifs is 1. The van der Waals surface area contributed by atoms with Gasteiger partial charge in [-0.25, -0.2) is 4.79 Å². The molecule has 3 rings (SSSR count). The number of nitrogens with two attached hydrogens (primary N) is 1. The molecule has 1 aliphatic heterocycles. The lowest BCUT2D eigenvalue weighted by atomic mass is 10.1. The van der Waals surface area contributed by atoms with Crippen molar-refractivity contribution < 1.29 is 9.59 Å². The molecule has 0 saturated carbocycles. The number of halogens is 2. The molecule has 1 atom stereocenters. The van der Waals surface area contributed by atoms with Crippen LogP contribution in [0, 0.1) is 0 Å². The van der Waals surface area contributed by atoms with Crippen LogP contribution in [0.2, 0.25) is 10.0 Å². The topological polar surface area (TPSA) is 75.4 Å². The fraction of sp³-hybridized carbons (Fsp3) is 0.125. The zero-order valence-corrected chi connectivity index (χ0v) is 13.4. The minimum Gasteiger partial charge on any atom is -0.368 e. The Labute approximate surface area is 143 Å². The van der Waals surface area contributed by atoms with Crippen molar-refractivity contribution in [1.29, 1.82) is 0 Å². The molecular formula is C16H13Cl2N3O2. The van der Waals surface area contributed by atoms with Crippen molar-refractivity contribution in [2.75, 3.05) is 10.2 Å². The summed E-state index contributed by atoms with van der Waals surface area (Å²) >= 11 is 11.8. The maximum absolute atomic E-state index is 12.6. The molecule has 0 aliphatic carbocycles. The van der Waals surface area contributed by atoms with Gasteiger partial charge in [-0.3, -0.25) is 9.69 Å². The summed E-state index contributed by atoms with van der Waals surface area (Å²) < 4.78 is 0. The van der Waals surface area contributed by atoms with Gasteiger partial charge in [0.25, 0.3) is 0 Å². The van der Waals surface area contributed by atoms with E-state index in [-0.39, 0.29) is 0 Å². The van der Waals surface area contributed by atoms with Gasteiger partial charge in [0.15, 0.2) is 0 Å². The third-order valence-electron chi connectivity index (χ3n) is 3.69. The van der Waals surface area contributed by atoms with Gasteiger partial charge in [0, 0.05) is 17.8 Å². The number of hydrogen-bond acceptors (Lipinski definition) is 2. The number of nitrogens with one attached hydrogen (secondary N) is 1. The van der Waals surface area contributed by atoms with Gasteiger partial charge in [-0.15, -0.1) is 0 Å². The highest BCUT2D eigenvalue weighted by molar-refractivity contribution is 6.42. The lowest BCUT2D eigenvalue weighted by Gasteiger charge is -2.23. The van der Waals surface area contributed by atoms with Crippen molar-refractivity contribution in [2.45, 2.75) is 12.5 Å². The molecule has 2 aromatic carbocycles. The SMILES string of the molecule is NC(=O)C1Cc2ccccc2N1C(=O)Nc1ccc(Cl)c(Cl)c1. The van der Waals surface area contributed by atoms with Gasteiger partial charge in [-0.1, -0.05) is 41.4 Å². The Kier molecular flexibility index (Phi) is 4.15. The number of rotatable bonds is 2. The van der Waals surface area contributed by atoms with Crippen LogP contribution in [-0.4, -0.2) is 18.0 Å². The van der Waals surface area contributed by atoms with Gasteiger partial charge in [-0.05, 0) is 29.8 Å². The van der Waals surface area contributed by atoms with Gasteiger partial charge in [0.1, 0.15) is 6.04 Å². The van der Waals surface area contributed by atoms with Gasteiger partial charge in [0.2, 0.25) is 5.91 Å². The molecule has 0 radical (unpaired) electrons. The normalized spacial score (nSPS) is 16.1. The maximum atomic E-state index is 12.6. The van der Waals surface area contributed by atoms with Crippen LogP contribution in [0.3, 0.4) is 0 Å². The summed E-state index contributed by atoms with van der Waals surface area (Å²) in [5.41, 5.74) is 7.51. The number of anilines is 2. The van der Waals surface area contributed by atoms with Crippen molar-refractivity contribution in [3.63, 3.8) is 0 Å². The number of benzene rings is 2. The number of carbonyl (C=O) groups is 2. The van der Waals surface area contributed by atoms with E-state index in [2.05, 4.69) is 5.32 Å². The largest absolute Gasteiger partial charge is 0.368 e. The molecule has 0 saturated heterocycles. The lowest BCUT2D eigenvalue weighted by Crippen LogP contribution is -2.47. The summed E-state index contributed by atoms with van der Waals surface area (Å²) in [6.07, 6.45) is 0.403. The third kappa shape index (κ3) is 2.98. The van der Waals surface area contributed by atoms with E-state index < -0.39 is 18.0 Å². The highest BCUT2D eigenvalue weighted by Crippen LogP contribution is 2.33. The van der Waals surface area contributed by atoms with E-state index in [0.717, 1.165) is 5.56 Å². The van der Waals surface area contributed by atoms with Crippen LogP contribution in [0.25, 0.3) is 0 Å². The number of para-hydroxylation sites is 1. The van der Waals surface area contributed by atoms with E-state index in [1.807, 2.05) is 18.2 Å². The molecule has 23 heavy (non-hydrogen) atoms. The second-order valence-corrected chi connectivity index (χ2v) is 5.99. The first kappa shape index (κ1) is 15.6. The summed E-state index contributed by atoms with van der Waals surface area (Å²) in [4.78, 5) is 25.7. The molecule has 1 aliphatic rings. The van der Waals surface area contributed by atoms with E-state index >= 15 is 0 Å². The molecule has 1 unspecified atom stereocenters. The molecule has 7 heteroatoms. The fourth-order valence-corrected chi connectivity index (χ4v) is 2.92. The quantitative estimate of drug-likeness (QED) is 0.871. The summed E-state index contributed by atoms with van der Waals surface area (Å²) in [7, 11) is 0. The van der Waals surface area contributed by atoms with Gasteiger partial charge >= 0.3 is 6.03 Å². The highest BCUT2D eigenvalue weighted by atomic mass is 35.5.